The van der Waals surface area contributed by atoms with E-state index in [1.807, 2.05) is 6.20 Å². The van der Waals surface area contributed by atoms with Crippen LogP contribution < -0.4 is 5.32 Å². The topological polar surface area (TPSA) is 41.1 Å². The van der Waals surface area contributed by atoms with Gasteiger partial charge in [0.25, 0.3) is 0 Å². The molecule has 4 nitrogen and oxygen atoms in total. The van der Waals surface area contributed by atoms with E-state index in [4.69, 9.17) is 0 Å². The molecule has 1 atom stereocenters. The van der Waals surface area contributed by atoms with E-state index in [0.717, 1.165) is 24.6 Å². The SMILES string of the molecule is CN(CCc1cnccn1)CC1CCCNC1. The molecule has 0 aromatic carbocycles. The number of nitrogens with one attached hydrogen (secondary N) is 1. The zero-order chi connectivity index (χ0) is 11.9. The summed E-state index contributed by atoms with van der Waals surface area (Å²) < 4.78 is 0. The van der Waals surface area contributed by atoms with E-state index in [2.05, 4.69) is 27.2 Å². The Labute approximate surface area is 103 Å². The molecule has 1 saturated heterocycles. The third-order valence-electron chi connectivity index (χ3n) is 3.34. The van der Waals surface area contributed by atoms with Crippen molar-refractivity contribution in [1.82, 2.24) is 20.2 Å². The van der Waals surface area contributed by atoms with Crippen molar-refractivity contribution in [2.75, 3.05) is 33.2 Å². The van der Waals surface area contributed by atoms with Gasteiger partial charge in [-0.1, -0.05) is 0 Å². The van der Waals surface area contributed by atoms with Crippen LogP contribution in [-0.2, 0) is 6.42 Å². The molecule has 0 saturated carbocycles. The van der Waals surface area contributed by atoms with Crippen LogP contribution in [0.15, 0.2) is 18.6 Å². The summed E-state index contributed by atoms with van der Waals surface area (Å²) in [6.45, 7) is 4.62. The molecule has 2 rings (SSSR count). The second-order valence-electron chi connectivity index (χ2n) is 4.92. The van der Waals surface area contributed by atoms with Gasteiger partial charge in [-0.15, -0.1) is 0 Å². The molecular weight excluding hydrogens is 212 g/mol. The van der Waals surface area contributed by atoms with E-state index in [0.29, 0.717) is 0 Å². The molecule has 2 heterocycles. The highest BCUT2D eigenvalue weighted by atomic mass is 15.1. The van der Waals surface area contributed by atoms with Crippen molar-refractivity contribution < 1.29 is 0 Å². The molecule has 0 amide bonds. The standard InChI is InChI=1S/C13H22N4/c1-17(11-12-3-2-5-14-9-12)8-4-13-10-15-6-7-16-13/h6-7,10,12,14H,2-5,8-9,11H2,1H3. The maximum atomic E-state index is 4.30. The van der Waals surface area contributed by atoms with E-state index in [-0.39, 0.29) is 0 Å². The van der Waals surface area contributed by atoms with Crippen LogP contribution in [0.25, 0.3) is 0 Å². The first-order valence-corrected chi connectivity index (χ1v) is 6.49. The van der Waals surface area contributed by atoms with Crippen molar-refractivity contribution in [2.45, 2.75) is 19.3 Å². The van der Waals surface area contributed by atoms with Gasteiger partial charge in [-0.25, -0.2) is 0 Å². The Bertz CT molecular complexity index is 308. The molecule has 1 fully saturated rings. The zero-order valence-corrected chi connectivity index (χ0v) is 10.6. The van der Waals surface area contributed by atoms with Gasteiger partial charge in [-0.05, 0) is 38.9 Å². The Morgan fingerprint density at radius 3 is 3.12 bits per heavy atom. The molecule has 1 aromatic heterocycles. The van der Waals surface area contributed by atoms with Gasteiger partial charge in [-0.3, -0.25) is 9.97 Å². The predicted molar refractivity (Wildman–Crippen MR) is 68.8 cm³/mol. The first-order valence-electron chi connectivity index (χ1n) is 6.49. The third kappa shape index (κ3) is 4.40. The number of hydrogen-bond acceptors (Lipinski definition) is 4. The molecule has 0 radical (unpaired) electrons. The van der Waals surface area contributed by atoms with Gasteiger partial charge in [0.2, 0.25) is 0 Å². The zero-order valence-electron chi connectivity index (χ0n) is 10.6. The highest BCUT2D eigenvalue weighted by Crippen LogP contribution is 2.11. The molecule has 1 aliphatic heterocycles. The predicted octanol–water partition coefficient (Wildman–Crippen LogP) is 0.950. The van der Waals surface area contributed by atoms with Gasteiger partial charge in [0.05, 0.1) is 5.69 Å². The fourth-order valence-corrected chi connectivity index (χ4v) is 2.38. The van der Waals surface area contributed by atoms with Crippen molar-refractivity contribution in [2.24, 2.45) is 5.92 Å². The van der Waals surface area contributed by atoms with Gasteiger partial charge < -0.3 is 10.2 Å². The number of piperidine rings is 1. The first-order chi connectivity index (χ1) is 8.34. The number of rotatable bonds is 5. The van der Waals surface area contributed by atoms with Crippen LogP contribution in [0.2, 0.25) is 0 Å². The molecule has 1 N–H and O–H groups in total. The van der Waals surface area contributed by atoms with Crippen LogP contribution in [0, 0.1) is 5.92 Å². The Hall–Kier alpha value is -1.00. The lowest BCUT2D eigenvalue weighted by Crippen LogP contribution is -2.37. The van der Waals surface area contributed by atoms with Crippen molar-refractivity contribution in [3.05, 3.63) is 24.3 Å². The minimum atomic E-state index is 0.815. The molecule has 1 unspecified atom stereocenters. The summed E-state index contributed by atoms with van der Waals surface area (Å²) in [5.74, 6) is 0.815. The highest BCUT2D eigenvalue weighted by Gasteiger charge is 2.14. The monoisotopic (exact) mass is 234 g/mol. The van der Waals surface area contributed by atoms with Crippen LogP contribution in [0.3, 0.4) is 0 Å². The van der Waals surface area contributed by atoms with Crippen LogP contribution in [-0.4, -0.2) is 48.1 Å². The summed E-state index contributed by atoms with van der Waals surface area (Å²) in [6, 6.07) is 0. The van der Waals surface area contributed by atoms with E-state index in [1.165, 1.54) is 32.5 Å². The van der Waals surface area contributed by atoms with Gasteiger partial charge in [0.15, 0.2) is 0 Å². The summed E-state index contributed by atoms with van der Waals surface area (Å²) in [5, 5.41) is 3.46. The second kappa shape index (κ2) is 6.67. The van der Waals surface area contributed by atoms with Crippen LogP contribution in [0.5, 0.6) is 0 Å². The molecule has 17 heavy (non-hydrogen) atoms. The molecule has 1 aromatic rings. The van der Waals surface area contributed by atoms with E-state index >= 15 is 0 Å². The Morgan fingerprint density at radius 1 is 1.47 bits per heavy atom. The lowest BCUT2D eigenvalue weighted by Gasteiger charge is -2.27. The molecule has 94 valence electrons. The van der Waals surface area contributed by atoms with Crippen LogP contribution in [0.1, 0.15) is 18.5 Å². The van der Waals surface area contributed by atoms with Crippen LogP contribution >= 0.6 is 0 Å². The summed E-state index contributed by atoms with van der Waals surface area (Å²) in [5.41, 5.74) is 1.08. The van der Waals surface area contributed by atoms with E-state index in [1.54, 1.807) is 12.4 Å². The molecule has 0 spiro atoms. The average Bonchev–Trinajstić information content (AvgIpc) is 2.39. The number of nitrogens with zero attached hydrogens (tertiary/aromatic N) is 3. The third-order valence-corrected chi connectivity index (χ3v) is 3.34. The van der Waals surface area contributed by atoms with Crippen molar-refractivity contribution >= 4 is 0 Å². The molecular formula is C13H22N4. The van der Waals surface area contributed by atoms with Gasteiger partial charge >= 0.3 is 0 Å². The lowest BCUT2D eigenvalue weighted by molar-refractivity contribution is 0.245. The maximum absolute atomic E-state index is 4.30. The summed E-state index contributed by atoms with van der Waals surface area (Å²) in [6.07, 6.45) is 9.02. The highest BCUT2D eigenvalue weighted by molar-refractivity contribution is 4.95. The minimum Gasteiger partial charge on any atom is -0.316 e. The fourth-order valence-electron chi connectivity index (χ4n) is 2.38. The molecule has 4 heteroatoms. The van der Waals surface area contributed by atoms with Gasteiger partial charge in [-0.2, -0.15) is 0 Å². The summed E-state index contributed by atoms with van der Waals surface area (Å²) in [7, 11) is 2.20. The molecule has 0 bridgehead atoms. The van der Waals surface area contributed by atoms with Crippen molar-refractivity contribution in [3.63, 3.8) is 0 Å². The lowest BCUT2D eigenvalue weighted by atomic mass is 9.99. The van der Waals surface area contributed by atoms with E-state index in [9.17, 15) is 0 Å². The van der Waals surface area contributed by atoms with E-state index < -0.39 is 0 Å². The summed E-state index contributed by atoms with van der Waals surface area (Å²) in [4.78, 5) is 10.8. The van der Waals surface area contributed by atoms with Crippen LogP contribution in [0.4, 0.5) is 0 Å². The number of aromatic nitrogens is 2. The second-order valence-corrected chi connectivity index (χ2v) is 4.92. The molecule has 1 aliphatic rings. The minimum absolute atomic E-state index is 0.815. The number of hydrogen-bond donors (Lipinski definition) is 1. The van der Waals surface area contributed by atoms with Crippen molar-refractivity contribution in [1.29, 1.82) is 0 Å². The maximum Gasteiger partial charge on any atom is 0.0599 e. The van der Waals surface area contributed by atoms with Gasteiger partial charge in [0, 0.05) is 38.1 Å². The normalized spacial score (nSPS) is 20.7. The smallest absolute Gasteiger partial charge is 0.0599 e. The quantitative estimate of drug-likeness (QED) is 0.823. The Balaban J connectivity index is 1.68. The Morgan fingerprint density at radius 2 is 2.41 bits per heavy atom. The summed E-state index contributed by atoms with van der Waals surface area (Å²) >= 11 is 0. The largest absolute Gasteiger partial charge is 0.316 e. The Kier molecular flexibility index (Phi) is 4.88. The average molecular weight is 234 g/mol. The first kappa shape index (κ1) is 12.5. The molecule has 0 aliphatic carbocycles. The van der Waals surface area contributed by atoms with Gasteiger partial charge in [0.1, 0.15) is 0 Å². The number of likely N-dealkylation sites (N-methyl/N-ethyl adjacent to an activating group) is 1. The fraction of sp³-hybridized carbons (Fsp3) is 0.692. The van der Waals surface area contributed by atoms with Crippen molar-refractivity contribution in [3.8, 4) is 0 Å².